The van der Waals surface area contributed by atoms with Crippen LogP contribution in [0.2, 0.25) is 5.02 Å². The number of benzene rings is 2. The summed E-state index contributed by atoms with van der Waals surface area (Å²) in [6.45, 7) is 3.87. The zero-order valence-electron chi connectivity index (χ0n) is 15.4. The number of nitrogens with zero attached hydrogens (tertiary/aromatic N) is 1. The van der Waals surface area contributed by atoms with Gasteiger partial charge in [0, 0.05) is 15.1 Å². The van der Waals surface area contributed by atoms with Crippen LogP contribution in [-0.2, 0) is 0 Å². The first-order valence-corrected chi connectivity index (χ1v) is 9.38. The number of methoxy groups -OCH3 is 2. The first-order valence-electron chi connectivity index (χ1n) is 8.21. The Morgan fingerprint density at radius 2 is 1.90 bits per heavy atom. The Hall–Kier alpha value is -2.97. The van der Waals surface area contributed by atoms with Crippen LogP contribution in [0.25, 0.3) is 18.3 Å². The van der Waals surface area contributed by atoms with Crippen molar-refractivity contribution in [2.45, 2.75) is 0 Å². The summed E-state index contributed by atoms with van der Waals surface area (Å²) >= 11 is 9.32. The van der Waals surface area contributed by atoms with Crippen LogP contribution >= 0.6 is 27.5 Å². The van der Waals surface area contributed by atoms with E-state index >= 15 is 0 Å². The van der Waals surface area contributed by atoms with Gasteiger partial charge in [-0.2, -0.15) is 0 Å². The highest BCUT2D eigenvalue weighted by atomic mass is 79.9. The number of hydrogen-bond donors (Lipinski definition) is 1. The number of rotatable bonds is 5. The lowest BCUT2D eigenvalue weighted by atomic mass is 10.1. The molecule has 0 saturated heterocycles. The van der Waals surface area contributed by atoms with Crippen molar-refractivity contribution in [3.05, 3.63) is 71.9 Å². The van der Waals surface area contributed by atoms with Gasteiger partial charge >= 0.3 is 0 Å². The SMILES string of the molecule is C=c1[nH]n(-c2ccc(Cl)c(C(=O)[O-])c2)c(=O)c1=Cc1cc(OC)c(OC)cc1Br. The van der Waals surface area contributed by atoms with Crippen molar-refractivity contribution in [2.24, 2.45) is 0 Å². The van der Waals surface area contributed by atoms with Gasteiger partial charge in [-0.15, -0.1) is 0 Å². The molecule has 1 heterocycles. The molecule has 3 rings (SSSR count). The molecule has 2 aromatic carbocycles. The molecule has 9 heteroatoms. The number of H-pyrrole nitrogens is 1. The molecule has 1 N–H and O–H groups in total. The summed E-state index contributed by atoms with van der Waals surface area (Å²) in [6, 6.07) is 7.60. The maximum atomic E-state index is 12.9. The molecule has 3 aromatic rings. The average molecular weight is 479 g/mol. The molecule has 0 atom stereocenters. The van der Waals surface area contributed by atoms with Crippen LogP contribution in [0.15, 0.2) is 39.6 Å². The minimum absolute atomic E-state index is 0.0178. The molecule has 7 nitrogen and oxygen atoms in total. The van der Waals surface area contributed by atoms with Crippen LogP contribution < -0.4 is 30.7 Å². The van der Waals surface area contributed by atoms with Gasteiger partial charge in [0.15, 0.2) is 11.5 Å². The quantitative estimate of drug-likeness (QED) is 0.594. The van der Waals surface area contributed by atoms with Gasteiger partial charge in [0.05, 0.1) is 36.4 Å². The largest absolute Gasteiger partial charge is 0.545 e. The Balaban J connectivity index is 2.20. The predicted octanol–water partition coefficient (Wildman–Crippen LogP) is 1.20. The summed E-state index contributed by atoms with van der Waals surface area (Å²) in [7, 11) is 3.04. The van der Waals surface area contributed by atoms with E-state index in [1.165, 1.54) is 37.1 Å². The lowest BCUT2D eigenvalue weighted by molar-refractivity contribution is -0.255. The van der Waals surface area contributed by atoms with E-state index in [0.717, 1.165) is 0 Å². The molecule has 1 aromatic heterocycles. The van der Waals surface area contributed by atoms with Gasteiger partial charge < -0.3 is 19.4 Å². The minimum atomic E-state index is -1.44. The second-order valence-corrected chi connectivity index (χ2v) is 7.23. The molecule has 0 amide bonds. The summed E-state index contributed by atoms with van der Waals surface area (Å²) < 4.78 is 12.4. The molecular weight excluding hydrogens is 464 g/mol. The first kappa shape index (κ1) is 20.8. The van der Waals surface area contributed by atoms with Crippen molar-refractivity contribution in [1.29, 1.82) is 0 Å². The van der Waals surface area contributed by atoms with Crippen molar-refractivity contribution < 1.29 is 19.4 Å². The zero-order chi connectivity index (χ0) is 21.3. The van der Waals surface area contributed by atoms with Gasteiger partial charge in [0.1, 0.15) is 0 Å². The predicted molar refractivity (Wildman–Crippen MR) is 111 cm³/mol. The fourth-order valence-electron chi connectivity index (χ4n) is 2.77. The molecule has 0 aliphatic rings. The molecule has 0 saturated carbocycles. The number of carboxylic acid groups (broad SMARTS) is 1. The normalized spacial score (nSPS) is 11.5. The number of nitrogens with one attached hydrogen (secondary N) is 1. The Morgan fingerprint density at radius 3 is 2.52 bits per heavy atom. The Bertz CT molecular complexity index is 1280. The molecule has 29 heavy (non-hydrogen) atoms. The Labute approximate surface area is 178 Å². The number of aromatic nitrogens is 2. The number of carboxylic acids is 1. The third-order valence-corrected chi connectivity index (χ3v) is 5.25. The highest BCUT2D eigenvalue weighted by Crippen LogP contribution is 2.33. The fraction of sp³-hybridized carbons (Fsp3) is 0.100. The maximum Gasteiger partial charge on any atom is 0.279 e. The van der Waals surface area contributed by atoms with E-state index in [9.17, 15) is 14.7 Å². The molecule has 0 bridgehead atoms. The molecule has 0 spiro atoms. The Kier molecular flexibility index (Phi) is 5.86. The van der Waals surface area contributed by atoms with Gasteiger partial charge in [-0.25, -0.2) is 4.68 Å². The van der Waals surface area contributed by atoms with Crippen LogP contribution in [0.1, 0.15) is 15.9 Å². The third kappa shape index (κ3) is 3.94. The van der Waals surface area contributed by atoms with E-state index in [0.29, 0.717) is 32.1 Å². The van der Waals surface area contributed by atoms with Gasteiger partial charge in [0.2, 0.25) is 0 Å². The summed E-state index contributed by atoms with van der Waals surface area (Å²) in [5.74, 6) is -0.402. The molecule has 0 unspecified atom stereocenters. The average Bonchev–Trinajstić information content (AvgIpc) is 2.97. The number of hydrogen-bond acceptors (Lipinski definition) is 5. The van der Waals surface area contributed by atoms with Crippen molar-refractivity contribution in [3.63, 3.8) is 0 Å². The molecule has 0 aliphatic heterocycles. The molecule has 0 fully saturated rings. The minimum Gasteiger partial charge on any atom is -0.545 e. The van der Waals surface area contributed by atoms with Crippen molar-refractivity contribution >= 4 is 46.2 Å². The molecule has 150 valence electrons. The lowest BCUT2D eigenvalue weighted by Gasteiger charge is -2.09. The van der Waals surface area contributed by atoms with Crippen LogP contribution in [-0.4, -0.2) is 30.0 Å². The van der Waals surface area contributed by atoms with Gasteiger partial charge in [-0.1, -0.05) is 34.1 Å². The highest BCUT2D eigenvalue weighted by molar-refractivity contribution is 9.10. The zero-order valence-corrected chi connectivity index (χ0v) is 17.8. The van der Waals surface area contributed by atoms with Crippen molar-refractivity contribution in [2.75, 3.05) is 14.2 Å². The number of carbonyl (C=O) groups excluding carboxylic acids is 1. The van der Waals surface area contributed by atoms with E-state index in [-0.39, 0.29) is 16.3 Å². The number of aromatic amines is 1. The molecular formula is C20H15BrClN2O5-. The van der Waals surface area contributed by atoms with E-state index in [1.807, 2.05) is 0 Å². The number of aromatic carboxylic acids is 1. The van der Waals surface area contributed by atoms with Gasteiger partial charge in [0.25, 0.3) is 5.56 Å². The maximum absolute atomic E-state index is 12.9. The topological polar surface area (TPSA) is 96.4 Å². The lowest BCUT2D eigenvalue weighted by Crippen LogP contribution is -2.34. The summed E-state index contributed by atoms with van der Waals surface area (Å²) in [5.41, 5.74) is 0.324. The smallest absolute Gasteiger partial charge is 0.279 e. The standard InChI is InChI=1S/C20H16BrClN2O5/c1-10-13(6-11-7-17(28-2)18(29-3)9-15(11)21)19(25)24(23-10)12-4-5-16(22)14(8-12)20(26)27/h4-9,23H,1H2,2-3H3,(H,26,27)/p-1. The second-order valence-electron chi connectivity index (χ2n) is 5.97. The van der Waals surface area contributed by atoms with Crippen LogP contribution in [0.4, 0.5) is 0 Å². The number of carbonyl (C=O) groups is 1. The van der Waals surface area contributed by atoms with Crippen molar-refractivity contribution in [3.8, 4) is 17.2 Å². The second kappa shape index (κ2) is 8.18. The number of ether oxygens (including phenoxy) is 2. The fourth-order valence-corrected chi connectivity index (χ4v) is 3.40. The van der Waals surface area contributed by atoms with Crippen LogP contribution in [0.5, 0.6) is 11.5 Å². The summed E-state index contributed by atoms with van der Waals surface area (Å²) in [5, 5.41) is 14.7. The molecule has 0 radical (unpaired) electrons. The van der Waals surface area contributed by atoms with E-state index in [4.69, 9.17) is 21.1 Å². The Morgan fingerprint density at radius 1 is 1.24 bits per heavy atom. The van der Waals surface area contributed by atoms with E-state index in [2.05, 4.69) is 27.6 Å². The summed E-state index contributed by atoms with van der Waals surface area (Å²) in [6.07, 6.45) is 1.64. The monoisotopic (exact) mass is 477 g/mol. The first-order chi connectivity index (χ1) is 13.8. The summed E-state index contributed by atoms with van der Waals surface area (Å²) in [4.78, 5) is 24.2. The van der Waals surface area contributed by atoms with Gasteiger partial charge in [-0.05, 0) is 42.0 Å². The van der Waals surface area contributed by atoms with Crippen LogP contribution in [0, 0.1) is 0 Å². The number of halogens is 2. The highest BCUT2D eigenvalue weighted by Gasteiger charge is 2.11. The molecule has 0 aliphatic carbocycles. The van der Waals surface area contributed by atoms with Crippen LogP contribution in [0.3, 0.4) is 0 Å². The van der Waals surface area contributed by atoms with Gasteiger partial charge in [-0.3, -0.25) is 9.89 Å². The van der Waals surface area contributed by atoms with Crippen molar-refractivity contribution in [1.82, 2.24) is 9.78 Å². The van der Waals surface area contributed by atoms with E-state index < -0.39 is 11.5 Å². The van der Waals surface area contributed by atoms with E-state index in [1.54, 1.807) is 18.2 Å². The third-order valence-electron chi connectivity index (χ3n) is 4.24.